The lowest BCUT2D eigenvalue weighted by atomic mass is 10.1. The number of fused-ring (bicyclic) bond motifs is 1. The Morgan fingerprint density at radius 2 is 1.90 bits per heavy atom. The number of carbonyl (C=O) groups is 1. The number of carbonyl (C=O) groups excluding carboxylic acids is 1. The molecule has 0 aliphatic carbocycles. The van der Waals surface area contributed by atoms with Gasteiger partial charge in [0.1, 0.15) is 17.1 Å². The molecule has 0 radical (unpaired) electrons. The number of amides is 1. The van der Waals surface area contributed by atoms with Crippen molar-refractivity contribution in [2.45, 2.75) is 0 Å². The highest BCUT2D eigenvalue weighted by Gasteiger charge is 2.24. The van der Waals surface area contributed by atoms with E-state index in [0.29, 0.717) is 22.2 Å². The monoisotopic (exact) mass is 413 g/mol. The van der Waals surface area contributed by atoms with Crippen LogP contribution in [-0.4, -0.2) is 21.3 Å². The van der Waals surface area contributed by atoms with Crippen LogP contribution in [0.1, 0.15) is 5.56 Å². The van der Waals surface area contributed by atoms with Gasteiger partial charge in [0.05, 0.1) is 16.0 Å². The van der Waals surface area contributed by atoms with Crippen molar-refractivity contribution in [2.24, 2.45) is 4.99 Å². The summed E-state index contributed by atoms with van der Waals surface area (Å²) in [5.74, 6) is 1.27. The number of aromatic nitrogens is 1. The molecule has 3 aromatic carbocycles. The van der Waals surface area contributed by atoms with Crippen LogP contribution in [0.4, 0.5) is 10.5 Å². The molecule has 5 rings (SSSR count). The summed E-state index contributed by atoms with van der Waals surface area (Å²) in [6, 6.07) is 22.2. The lowest BCUT2D eigenvalue weighted by molar-refractivity contribution is 0.265. The predicted octanol–water partition coefficient (Wildman–Crippen LogP) is 5.73. The van der Waals surface area contributed by atoms with Crippen molar-refractivity contribution in [3.05, 3.63) is 83.3 Å². The van der Waals surface area contributed by atoms with Gasteiger partial charge < -0.3 is 14.9 Å². The summed E-state index contributed by atoms with van der Waals surface area (Å²) in [7, 11) is 0. The van der Waals surface area contributed by atoms with Gasteiger partial charge in [-0.1, -0.05) is 47.6 Å². The van der Waals surface area contributed by atoms with Crippen molar-refractivity contribution in [1.29, 1.82) is 0 Å². The molecule has 2 N–H and O–H groups in total. The van der Waals surface area contributed by atoms with Gasteiger partial charge >= 0.3 is 0 Å². The molecule has 1 fully saturated rings. The van der Waals surface area contributed by atoms with Gasteiger partial charge in [0.25, 0.3) is 5.24 Å². The number of amidine groups is 1. The summed E-state index contributed by atoms with van der Waals surface area (Å²) in [5.41, 5.74) is 3.16. The Morgan fingerprint density at radius 1 is 1.03 bits per heavy atom. The Bertz CT molecular complexity index is 1330. The fourth-order valence-corrected chi connectivity index (χ4v) is 3.94. The quantitative estimate of drug-likeness (QED) is 0.448. The van der Waals surface area contributed by atoms with E-state index in [9.17, 15) is 9.90 Å². The van der Waals surface area contributed by atoms with Crippen LogP contribution in [0.3, 0.4) is 0 Å². The largest absolute Gasteiger partial charge is 0.508 e. The first-order valence-electron chi connectivity index (χ1n) is 9.19. The highest BCUT2D eigenvalue weighted by Crippen LogP contribution is 2.32. The van der Waals surface area contributed by atoms with E-state index in [-0.39, 0.29) is 11.0 Å². The van der Waals surface area contributed by atoms with Gasteiger partial charge in [0.2, 0.25) is 0 Å². The number of hydrogen-bond acceptors (Lipinski definition) is 6. The average molecular weight is 413 g/mol. The molecule has 0 atom stereocenters. The highest BCUT2D eigenvalue weighted by atomic mass is 32.2. The molecular formula is C23H15N3O3S. The molecule has 30 heavy (non-hydrogen) atoms. The number of thioether (sulfide) groups is 1. The summed E-state index contributed by atoms with van der Waals surface area (Å²) in [6.07, 6.45) is 1.89. The molecular weight excluding hydrogens is 398 g/mol. The Hall–Kier alpha value is -3.84. The van der Waals surface area contributed by atoms with Gasteiger partial charge in [0, 0.05) is 11.6 Å². The van der Waals surface area contributed by atoms with E-state index in [0.717, 1.165) is 33.8 Å². The molecule has 1 saturated heterocycles. The van der Waals surface area contributed by atoms with Crippen LogP contribution in [0.5, 0.6) is 5.75 Å². The zero-order valence-electron chi connectivity index (χ0n) is 15.6. The van der Waals surface area contributed by atoms with Gasteiger partial charge in [-0.3, -0.25) is 4.79 Å². The van der Waals surface area contributed by atoms with Crippen LogP contribution in [-0.2, 0) is 0 Å². The molecule has 1 aliphatic rings. The Morgan fingerprint density at radius 3 is 2.73 bits per heavy atom. The Kier molecular flexibility index (Phi) is 4.57. The number of nitrogens with zero attached hydrogens (tertiary/aromatic N) is 2. The van der Waals surface area contributed by atoms with Crippen LogP contribution < -0.4 is 5.32 Å². The molecule has 0 bridgehead atoms. The maximum atomic E-state index is 12.0. The number of phenolic OH excluding ortho intramolecular Hbond substituents is 1. The smallest absolute Gasteiger partial charge is 0.289 e. The van der Waals surface area contributed by atoms with E-state index in [1.807, 2.05) is 54.6 Å². The van der Waals surface area contributed by atoms with Crippen molar-refractivity contribution in [3.8, 4) is 17.1 Å². The van der Waals surface area contributed by atoms with E-state index in [4.69, 9.17) is 4.52 Å². The minimum Gasteiger partial charge on any atom is -0.508 e. The fourth-order valence-electron chi connectivity index (χ4n) is 3.20. The normalized spacial score (nSPS) is 16.5. The maximum absolute atomic E-state index is 12.0. The zero-order chi connectivity index (χ0) is 20.5. The molecule has 0 unspecified atom stereocenters. The van der Waals surface area contributed by atoms with Crippen LogP contribution in [0.2, 0.25) is 0 Å². The van der Waals surface area contributed by atoms with Crippen LogP contribution in [0.25, 0.3) is 28.3 Å². The van der Waals surface area contributed by atoms with E-state index in [2.05, 4.69) is 15.5 Å². The first-order valence-corrected chi connectivity index (χ1v) is 10.0. The summed E-state index contributed by atoms with van der Waals surface area (Å²) in [4.78, 5) is 17.1. The van der Waals surface area contributed by atoms with E-state index >= 15 is 0 Å². The fraction of sp³-hybridized carbons (Fsp3) is 0. The molecule has 146 valence electrons. The Labute approximate surface area is 175 Å². The molecule has 2 heterocycles. The standard InChI is InChI=1S/C23H15N3O3S/c27-17-8-4-7-16(13-17)24-22-20(30-23(28)25-22)12-14-9-10-19-18(11-14)21(29-26-19)15-5-2-1-3-6-15/h1-13,27H,(H,24,25,28). The van der Waals surface area contributed by atoms with Crippen molar-refractivity contribution < 1.29 is 14.4 Å². The second-order valence-corrected chi connectivity index (χ2v) is 7.67. The summed E-state index contributed by atoms with van der Waals surface area (Å²) in [6.45, 7) is 0. The van der Waals surface area contributed by atoms with Crippen LogP contribution in [0.15, 0.2) is 87.2 Å². The van der Waals surface area contributed by atoms with Crippen molar-refractivity contribution in [1.82, 2.24) is 10.5 Å². The molecule has 6 nitrogen and oxygen atoms in total. The van der Waals surface area contributed by atoms with Crippen molar-refractivity contribution in [3.63, 3.8) is 0 Å². The summed E-state index contributed by atoms with van der Waals surface area (Å²) < 4.78 is 5.56. The number of hydrogen-bond donors (Lipinski definition) is 2. The maximum Gasteiger partial charge on any atom is 0.289 e. The van der Waals surface area contributed by atoms with Gasteiger partial charge in [-0.05, 0) is 47.7 Å². The van der Waals surface area contributed by atoms with Crippen LogP contribution in [0, 0.1) is 0 Å². The SMILES string of the molecule is O=C1NC(=Nc2cccc(O)c2)C(=Cc2ccc3noc(-c4ccccc4)c3c2)S1. The van der Waals surface area contributed by atoms with Crippen LogP contribution >= 0.6 is 11.8 Å². The lowest BCUT2D eigenvalue weighted by Gasteiger charge is -2.01. The number of rotatable bonds is 3. The lowest BCUT2D eigenvalue weighted by Crippen LogP contribution is -2.18. The van der Waals surface area contributed by atoms with E-state index in [1.165, 1.54) is 6.07 Å². The minimum atomic E-state index is -0.198. The zero-order valence-corrected chi connectivity index (χ0v) is 16.4. The third-order valence-corrected chi connectivity index (χ3v) is 5.38. The third-order valence-electron chi connectivity index (χ3n) is 4.56. The molecule has 7 heteroatoms. The van der Waals surface area contributed by atoms with Crippen molar-refractivity contribution in [2.75, 3.05) is 0 Å². The summed E-state index contributed by atoms with van der Waals surface area (Å²) >= 11 is 1.08. The molecule has 0 saturated carbocycles. The van der Waals surface area contributed by atoms with E-state index < -0.39 is 0 Å². The summed E-state index contributed by atoms with van der Waals surface area (Å²) in [5, 5.41) is 17.2. The molecule has 0 spiro atoms. The Balaban J connectivity index is 1.55. The number of aromatic hydroxyl groups is 1. The predicted molar refractivity (Wildman–Crippen MR) is 119 cm³/mol. The van der Waals surface area contributed by atoms with Crippen molar-refractivity contribution >= 4 is 45.5 Å². The molecule has 1 amide bonds. The molecule has 4 aromatic rings. The topological polar surface area (TPSA) is 87.7 Å². The van der Waals surface area contributed by atoms with Gasteiger partial charge in [-0.25, -0.2) is 4.99 Å². The molecule has 1 aliphatic heterocycles. The third kappa shape index (κ3) is 3.58. The minimum absolute atomic E-state index is 0.116. The number of phenols is 1. The number of benzene rings is 3. The first-order chi connectivity index (χ1) is 14.7. The number of aliphatic imine (C=N–C) groups is 1. The van der Waals surface area contributed by atoms with Gasteiger partial charge in [-0.2, -0.15) is 0 Å². The number of nitrogens with one attached hydrogen (secondary N) is 1. The average Bonchev–Trinajstić information content (AvgIpc) is 3.31. The first kappa shape index (κ1) is 18.2. The molecule has 1 aromatic heterocycles. The van der Waals surface area contributed by atoms with Gasteiger partial charge in [0.15, 0.2) is 5.76 Å². The second kappa shape index (κ2) is 7.53. The van der Waals surface area contributed by atoms with Gasteiger partial charge in [-0.15, -0.1) is 0 Å². The second-order valence-electron chi connectivity index (χ2n) is 6.66. The van der Waals surface area contributed by atoms with E-state index in [1.54, 1.807) is 18.2 Å². The highest BCUT2D eigenvalue weighted by molar-refractivity contribution is 8.18.